The van der Waals surface area contributed by atoms with Gasteiger partial charge in [0.05, 0.1) is 0 Å². The summed E-state index contributed by atoms with van der Waals surface area (Å²) in [6.07, 6.45) is 1.96. The van der Waals surface area contributed by atoms with Gasteiger partial charge in [0.2, 0.25) is 0 Å². The molecule has 6 heteroatoms. The zero-order valence-electron chi connectivity index (χ0n) is 9.98. The molecule has 2 N–H and O–H groups in total. The monoisotopic (exact) mass is 252 g/mol. The fraction of sp³-hybridized carbons (Fsp3) is 0.167. The number of urea groups is 1. The van der Waals surface area contributed by atoms with Crippen LogP contribution in [0.5, 0.6) is 0 Å². The number of carbonyl (C=O) groups excluding carboxylic acids is 1. The number of benzene rings is 1. The van der Waals surface area contributed by atoms with Gasteiger partial charge in [-0.25, -0.2) is 14.0 Å². The first kappa shape index (κ1) is 13.7. The molecule has 0 aliphatic rings. The van der Waals surface area contributed by atoms with E-state index in [-0.39, 0.29) is 11.6 Å². The Morgan fingerprint density at radius 3 is 2.61 bits per heavy atom. The molecule has 18 heavy (non-hydrogen) atoms. The molecule has 0 fully saturated rings. The van der Waals surface area contributed by atoms with E-state index in [0.29, 0.717) is 5.69 Å². The van der Waals surface area contributed by atoms with Crippen LogP contribution in [0.4, 0.5) is 14.9 Å². The highest BCUT2D eigenvalue weighted by Gasteiger charge is 2.06. The molecule has 0 saturated carbocycles. The Morgan fingerprint density at radius 2 is 2.06 bits per heavy atom. The maximum Gasteiger partial charge on any atom is 0.328 e. The summed E-state index contributed by atoms with van der Waals surface area (Å²) in [4.78, 5) is 23.1. The fourth-order valence-corrected chi connectivity index (χ4v) is 1.15. The number of nitrogens with one attached hydrogen (secondary N) is 1. The maximum absolute atomic E-state index is 13.3. The summed E-state index contributed by atoms with van der Waals surface area (Å²) in [5, 5.41) is 11.0. The number of carboxylic acid groups (broad SMARTS) is 1. The number of nitrogens with zero attached hydrogens (tertiary/aromatic N) is 1. The van der Waals surface area contributed by atoms with Crippen molar-refractivity contribution in [2.45, 2.75) is 0 Å². The van der Waals surface area contributed by atoms with E-state index < -0.39 is 11.8 Å². The van der Waals surface area contributed by atoms with Crippen molar-refractivity contribution < 1.29 is 19.1 Å². The van der Waals surface area contributed by atoms with Crippen molar-refractivity contribution in [2.75, 3.05) is 19.4 Å². The van der Waals surface area contributed by atoms with E-state index in [0.717, 1.165) is 18.2 Å². The van der Waals surface area contributed by atoms with Crippen LogP contribution in [0.1, 0.15) is 5.56 Å². The highest BCUT2D eigenvalue weighted by atomic mass is 19.1. The number of amides is 2. The number of hydrogen-bond donors (Lipinski definition) is 2. The molecule has 1 aromatic carbocycles. The van der Waals surface area contributed by atoms with Crippen LogP contribution in [0, 0.1) is 5.82 Å². The van der Waals surface area contributed by atoms with Crippen molar-refractivity contribution in [3.63, 3.8) is 0 Å². The van der Waals surface area contributed by atoms with Gasteiger partial charge in [0.15, 0.2) is 0 Å². The first-order chi connectivity index (χ1) is 8.40. The van der Waals surface area contributed by atoms with E-state index in [1.54, 1.807) is 14.1 Å². The third kappa shape index (κ3) is 3.89. The van der Waals surface area contributed by atoms with Gasteiger partial charge in [0.25, 0.3) is 0 Å². The average molecular weight is 252 g/mol. The summed E-state index contributed by atoms with van der Waals surface area (Å²) >= 11 is 0. The van der Waals surface area contributed by atoms with Crippen LogP contribution >= 0.6 is 0 Å². The Labute approximate surface area is 104 Å². The van der Waals surface area contributed by atoms with Crippen LogP contribution in [0.15, 0.2) is 24.3 Å². The minimum atomic E-state index is -1.17. The van der Waals surface area contributed by atoms with Gasteiger partial charge in [-0.2, -0.15) is 0 Å². The molecule has 0 atom stereocenters. The molecule has 1 rings (SSSR count). The van der Waals surface area contributed by atoms with E-state index in [1.807, 2.05) is 0 Å². The smallest absolute Gasteiger partial charge is 0.328 e. The van der Waals surface area contributed by atoms with Crippen molar-refractivity contribution in [2.24, 2.45) is 0 Å². The van der Waals surface area contributed by atoms with Crippen molar-refractivity contribution in [3.8, 4) is 0 Å². The summed E-state index contributed by atoms with van der Waals surface area (Å²) in [6, 6.07) is 3.56. The predicted octanol–water partition coefficient (Wildman–Crippen LogP) is 2.02. The highest BCUT2D eigenvalue weighted by molar-refractivity contribution is 5.90. The second-order valence-corrected chi connectivity index (χ2v) is 3.73. The lowest BCUT2D eigenvalue weighted by Gasteiger charge is -2.12. The molecular weight excluding hydrogens is 239 g/mol. The Kier molecular flexibility index (Phi) is 4.42. The SMILES string of the molecule is CN(C)C(=O)Nc1ccc(F)c(/C=C/C(=O)O)c1. The molecule has 0 spiro atoms. The minimum Gasteiger partial charge on any atom is -0.478 e. The van der Waals surface area contributed by atoms with Crippen molar-refractivity contribution >= 4 is 23.8 Å². The molecule has 0 aliphatic carbocycles. The molecule has 5 nitrogen and oxygen atoms in total. The molecule has 2 amide bonds. The van der Waals surface area contributed by atoms with Gasteiger partial charge in [-0.3, -0.25) is 0 Å². The van der Waals surface area contributed by atoms with Gasteiger partial charge in [-0.1, -0.05) is 0 Å². The van der Waals surface area contributed by atoms with Crippen LogP contribution in [-0.4, -0.2) is 36.1 Å². The van der Waals surface area contributed by atoms with Gasteiger partial charge >= 0.3 is 12.0 Å². The summed E-state index contributed by atoms with van der Waals surface area (Å²) in [5.74, 6) is -1.73. The van der Waals surface area contributed by atoms with E-state index in [9.17, 15) is 14.0 Å². The quantitative estimate of drug-likeness (QED) is 0.808. The lowest BCUT2D eigenvalue weighted by atomic mass is 10.1. The first-order valence-electron chi connectivity index (χ1n) is 5.09. The molecular formula is C12H13FN2O3. The van der Waals surface area contributed by atoms with Gasteiger partial charge in [0, 0.05) is 31.4 Å². The maximum atomic E-state index is 13.3. The normalized spacial score (nSPS) is 10.4. The summed E-state index contributed by atoms with van der Waals surface area (Å²) in [7, 11) is 3.15. The molecule has 96 valence electrons. The summed E-state index contributed by atoms with van der Waals surface area (Å²) < 4.78 is 13.3. The summed E-state index contributed by atoms with van der Waals surface area (Å²) in [5.41, 5.74) is 0.481. The van der Waals surface area contributed by atoms with Crippen LogP contribution < -0.4 is 5.32 Å². The Bertz CT molecular complexity index is 498. The fourth-order valence-electron chi connectivity index (χ4n) is 1.15. The zero-order chi connectivity index (χ0) is 13.7. The van der Waals surface area contributed by atoms with E-state index in [2.05, 4.69) is 5.32 Å². The van der Waals surface area contributed by atoms with Crippen LogP contribution in [0.2, 0.25) is 0 Å². The Morgan fingerprint density at radius 1 is 1.39 bits per heavy atom. The third-order valence-corrected chi connectivity index (χ3v) is 2.06. The molecule has 0 aromatic heterocycles. The molecule has 0 radical (unpaired) electrons. The predicted molar refractivity (Wildman–Crippen MR) is 65.8 cm³/mol. The van der Waals surface area contributed by atoms with Gasteiger partial charge < -0.3 is 15.3 Å². The Balaban J connectivity index is 2.93. The minimum absolute atomic E-state index is 0.0916. The lowest BCUT2D eigenvalue weighted by Crippen LogP contribution is -2.27. The second-order valence-electron chi connectivity index (χ2n) is 3.73. The largest absolute Gasteiger partial charge is 0.478 e. The topological polar surface area (TPSA) is 69.6 Å². The van der Waals surface area contributed by atoms with Crippen molar-refractivity contribution in [3.05, 3.63) is 35.7 Å². The molecule has 0 heterocycles. The van der Waals surface area contributed by atoms with Crippen LogP contribution in [0.25, 0.3) is 6.08 Å². The van der Waals surface area contributed by atoms with E-state index in [1.165, 1.54) is 17.0 Å². The average Bonchev–Trinajstić information content (AvgIpc) is 2.29. The molecule has 0 unspecified atom stereocenters. The second kappa shape index (κ2) is 5.81. The van der Waals surface area contributed by atoms with Crippen LogP contribution in [0.3, 0.4) is 0 Å². The van der Waals surface area contributed by atoms with Gasteiger partial charge in [-0.15, -0.1) is 0 Å². The molecule has 0 bridgehead atoms. The van der Waals surface area contributed by atoms with E-state index >= 15 is 0 Å². The Hall–Kier alpha value is -2.37. The number of carboxylic acids is 1. The number of hydrogen-bond acceptors (Lipinski definition) is 2. The number of carbonyl (C=O) groups is 2. The molecule has 0 aliphatic heterocycles. The van der Waals surface area contributed by atoms with E-state index in [4.69, 9.17) is 5.11 Å². The standard InChI is InChI=1S/C12H13FN2O3/c1-15(2)12(18)14-9-4-5-10(13)8(7-9)3-6-11(16)17/h3-7H,1-2H3,(H,14,18)(H,16,17)/b6-3+. The number of rotatable bonds is 3. The molecule has 1 aromatic rings. The highest BCUT2D eigenvalue weighted by Crippen LogP contribution is 2.16. The third-order valence-electron chi connectivity index (χ3n) is 2.06. The van der Waals surface area contributed by atoms with Gasteiger partial charge in [0.1, 0.15) is 5.82 Å². The summed E-state index contributed by atoms with van der Waals surface area (Å²) in [6.45, 7) is 0. The van der Waals surface area contributed by atoms with Gasteiger partial charge in [-0.05, 0) is 24.3 Å². The van der Waals surface area contributed by atoms with Crippen LogP contribution in [-0.2, 0) is 4.79 Å². The lowest BCUT2D eigenvalue weighted by molar-refractivity contribution is -0.131. The molecule has 0 saturated heterocycles. The zero-order valence-corrected chi connectivity index (χ0v) is 9.98. The number of anilines is 1. The van der Waals surface area contributed by atoms with Crippen molar-refractivity contribution in [1.82, 2.24) is 4.90 Å². The first-order valence-corrected chi connectivity index (χ1v) is 5.09. The number of aliphatic carboxylic acids is 1. The number of halogens is 1. The van der Waals surface area contributed by atoms with Crippen molar-refractivity contribution in [1.29, 1.82) is 0 Å².